The summed E-state index contributed by atoms with van der Waals surface area (Å²) in [5.41, 5.74) is 0.817. The third-order valence-corrected chi connectivity index (χ3v) is 4.05. The molecule has 1 heterocycles. The van der Waals surface area contributed by atoms with Crippen LogP contribution < -0.4 is 0 Å². The lowest BCUT2D eigenvalue weighted by Crippen LogP contribution is -2.06. The summed E-state index contributed by atoms with van der Waals surface area (Å²) in [5.74, 6) is 0.915. The molecule has 98 valence electrons. The summed E-state index contributed by atoms with van der Waals surface area (Å²) < 4.78 is 5.52. The third kappa shape index (κ3) is 3.34. The molecule has 0 amide bonds. The van der Waals surface area contributed by atoms with E-state index in [0.717, 1.165) is 10.5 Å². The highest BCUT2D eigenvalue weighted by atomic mass is 35.5. The topological polar surface area (TPSA) is 36.9 Å². The molecule has 1 aromatic heterocycles. The second-order valence-electron chi connectivity index (χ2n) is 5.11. The van der Waals surface area contributed by atoms with E-state index in [9.17, 15) is 0 Å². The summed E-state index contributed by atoms with van der Waals surface area (Å²) in [6.07, 6.45) is 0. The second-order valence-corrected chi connectivity index (χ2v) is 7.35. The van der Waals surface area contributed by atoms with Crippen LogP contribution in [0.5, 0.6) is 0 Å². The standard InChI is InChI=1S/C15H14ClNOS/c1-15(2,3)19-13-6-4-5-11(14(13)16)12-8-7-10(9-17)18-12/h4-8H,1-3H3. The highest BCUT2D eigenvalue weighted by Crippen LogP contribution is 2.41. The Hall–Kier alpha value is -1.37. The van der Waals surface area contributed by atoms with Crippen molar-refractivity contribution in [3.8, 4) is 17.4 Å². The molecule has 4 heteroatoms. The van der Waals surface area contributed by atoms with E-state index in [2.05, 4.69) is 20.8 Å². The van der Waals surface area contributed by atoms with E-state index in [-0.39, 0.29) is 4.75 Å². The minimum atomic E-state index is 0.0865. The minimum Gasteiger partial charge on any atom is -0.446 e. The SMILES string of the molecule is CC(C)(C)Sc1cccc(-c2ccc(C#N)o2)c1Cl. The molecular weight excluding hydrogens is 278 g/mol. The number of halogens is 1. The molecule has 2 rings (SSSR count). The lowest BCUT2D eigenvalue weighted by Gasteiger charge is -2.19. The van der Waals surface area contributed by atoms with Gasteiger partial charge in [0.05, 0.1) is 5.02 Å². The molecule has 0 unspecified atom stereocenters. The van der Waals surface area contributed by atoms with E-state index in [4.69, 9.17) is 21.3 Å². The minimum absolute atomic E-state index is 0.0865. The highest BCUT2D eigenvalue weighted by molar-refractivity contribution is 8.00. The maximum Gasteiger partial charge on any atom is 0.204 e. The number of hydrogen-bond acceptors (Lipinski definition) is 3. The molecule has 0 saturated carbocycles. The fraction of sp³-hybridized carbons (Fsp3) is 0.267. The number of benzene rings is 1. The molecule has 0 aliphatic rings. The number of furan rings is 1. The van der Waals surface area contributed by atoms with E-state index in [1.54, 1.807) is 23.9 Å². The Morgan fingerprint density at radius 3 is 2.53 bits per heavy atom. The number of rotatable bonds is 2. The van der Waals surface area contributed by atoms with E-state index in [0.29, 0.717) is 16.5 Å². The van der Waals surface area contributed by atoms with Crippen molar-refractivity contribution in [3.63, 3.8) is 0 Å². The summed E-state index contributed by atoms with van der Waals surface area (Å²) >= 11 is 8.15. The van der Waals surface area contributed by atoms with Crippen LogP contribution in [0.4, 0.5) is 0 Å². The predicted octanol–water partition coefficient (Wildman–Crippen LogP) is 5.36. The van der Waals surface area contributed by atoms with E-state index < -0.39 is 0 Å². The lowest BCUT2D eigenvalue weighted by molar-refractivity contribution is 0.567. The van der Waals surface area contributed by atoms with Crippen molar-refractivity contribution in [2.45, 2.75) is 30.4 Å². The van der Waals surface area contributed by atoms with Gasteiger partial charge in [-0.25, -0.2) is 0 Å². The maximum absolute atomic E-state index is 8.79. The molecule has 0 aliphatic heterocycles. The molecule has 0 aliphatic carbocycles. The van der Waals surface area contributed by atoms with Gasteiger partial charge in [0.25, 0.3) is 0 Å². The molecule has 0 N–H and O–H groups in total. The zero-order chi connectivity index (χ0) is 14.0. The summed E-state index contributed by atoms with van der Waals surface area (Å²) in [6.45, 7) is 6.42. The van der Waals surface area contributed by atoms with Crippen LogP contribution in [0.2, 0.25) is 5.02 Å². The molecule has 0 atom stereocenters. The third-order valence-electron chi connectivity index (χ3n) is 2.36. The van der Waals surface area contributed by atoms with Crippen LogP contribution in [-0.2, 0) is 0 Å². The highest BCUT2D eigenvalue weighted by Gasteiger charge is 2.17. The summed E-state index contributed by atoms with van der Waals surface area (Å²) in [4.78, 5) is 1.02. The number of nitrogens with zero attached hydrogens (tertiary/aromatic N) is 1. The number of nitriles is 1. The first-order valence-corrected chi connectivity index (χ1v) is 7.08. The van der Waals surface area contributed by atoms with Crippen LogP contribution in [0, 0.1) is 11.3 Å². The fourth-order valence-corrected chi connectivity index (χ4v) is 2.99. The van der Waals surface area contributed by atoms with Crippen LogP contribution in [0.15, 0.2) is 39.6 Å². The Morgan fingerprint density at radius 2 is 1.95 bits per heavy atom. The Labute approximate surface area is 122 Å². The van der Waals surface area contributed by atoms with E-state index in [1.807, 2.05) is 24.3 Å². The summed E-state index contributed by atoms with van der Waals surface area (Å²) in [5, 5.41) is 9.46. The number of thioether (sulfide) groups is 1. The van der Waals surface area contributed by atoms with Gasteiger partial charge < -0.3 is 4.42 Å². The molecule has 2 nitrogen and oxygen atoms in total. The quantitative estimate of drug-likeness (QED) is 0.699. The smallest absolute Gasteiger partial charge is 0.204 e. The largest absolute Gasteiger partial charge is 0.446 e. The first-order chi connectivity index (χ1) is 8.90. The lowest BCUT2D eigenvalue weighted by atomic mass is 10.2. The number of hydrogen-bond donors (Lipinski definition) is 0. The van der Waals surface area contributed by atoms with Crippen molar-refractivity contribution in [1.82, 2.24) is 0 Å². The first kappa shape index (κ1) is 14.0. The van der Waals surface area contributed by atoms with Crippen LogP contribution in [0.3, 0.4) is 0 Å². The average molecular weight is 292 g/mol. The van der Waals surface area contributed by atoms with Gasteiger partial charge in [-0.15, -0.1) is 11.8 Å². The van der Waals surface area contributed by atoms with Gasteiger partial charge in [0, 0.05) is 15.2 Å². The molecule has 0 saturated heterocycles. The van der Waals surface area contributed by atoms with Crippen LogP contribution >= 0.6 is 23.4 Å². The molecule has 0 fully saturated rings. The van der Waals surface area contributed by atoms with Crippen LogP contribution in [0.25, 0.3) is 11.3 Å². The van der Waals surface area contributed by atoms with Crippen LogP contribution in [-0.4, -0.2) is 4.75 Å². The van der Waals surface area contributed by atoms with Gasteiger partial charge in [-0.2, -0.15) is 5.26 Å². The average Bonchev–Trinajstić information content (AvgIpc) is 2.78. The zero-order valence-corrected chi connectivity index (χ0v) is 12.6. The molecule has 1 aromatic carbocycles. The second kappa shape index (κ2) is 5.32. The Kier molecular flexibility index (Phi) is 3.93. The van der Waals surface area contributed by atoms with Crippen molar-refractivity contribution >= 4 is 23.4 Å². The van der Waals surface area contributed by atoms with Crippen molar-refractivity contribution < 1.29 is 4.42 Å². The van der Waals surface area contributed by atoms with Gasteiger partial charge in [0.1, 0.15) is 11.8 Å². The Balaban J connectivity index is 2.43. The fourth-order valence-electron chi connectivity index (χ4n) is 1.65. The molecule has 0 radical (unpaired) electrons. The van der Waals surface area contributed by atoms with Crippen LogP contribution in [0.1, 0.15) is 26.5 Å². The van der Waals surface area contributed by atoms with E-state index in [1.165, 1.54) is 0 Å². The maximum atomic E-state index is 8.79. The van der Waals surface area contributed by atoms with Gasteiger partial charge in [-0.05, 0) is 24.3 Å². The monoisotopic (exact) mass is 291 g/mol. The van der Waals surface area contributed by atoms with Crippen molar-refractivity contribution in [1.29, 1.82) is 5.26 Å². The van der Waals surface area contributed by atoms with Gasteiger partial charge >= 0.3 is 0 Å². The van der Waals surface area contributed by atoms with E-state index >= 15 is 0 Å². The Morgan fingerprint density at radius 1 is 1.21 bits per heavy atom. The molecule has 0 spiro atoms. The Bertz CT molecular complexity index is 634. The normalized spacial score (nSPS) is 11.3. The van der Waals surface area contributed by atoms with Crippen molar-refractivity contribution in [2.24, 2.45) is 0 Å². The van der Waals surface area contributed by atoms with Gasteiger partial charge in [-0.3, -0.25) is 0 Å². The molecule has 2 aromatic rings. The summed E-state index contributed by atoms with van der Waals surface area (Å²) in [6, 6.07) is 11.2. The zero-order valence-electron chi connectivity index (χ0n) is 11.0. The van der Waals surface area contributed by atoms with Gasteiger partial charge in [0.15, 0.2) is 0 Å². The molecule has 0 bridgehead atoms. The van der Waals surface area contributed by atoms with Gasteiger partial charge in [-0.1, -0.05) is 38.4 Å². The van der Waals surface area contributed by atoms with Crippen molar-refractivity contribution in [2.75, 3.05) is 0 Å². The first-order valence-electron chi connectivity index (χ1n) is 5.88. The van der Waals surface area contributed by atoms with Crippen molar-refractivity contribution in [3.05, 3.63) is 41.1 Å². The predicted molar refractivity (Wildman–Crippen MR) is 79.5 cm³/mol. The van der Waals surface area contributed by atoms with Gasteiger partial charge in [0.2, 0.25) is 5.76 Å². The summed E-state index contributed by atoms with van der Waals surface area (Å²) in [7, 11) is 0. The molecular formula is C15H14ClNOS. The molecule has 19 heavy (non-hydrogen) atoms.